The zero-order valence-electron chi connectivity index (χ0n) is 12.5. The molecule has 2 heterocycles. The normalized spacial score (nSPS) is 21.2. The number of carbonyl (C=O) groups is 1. The van der Waals surface area contributed by atoms with Gasteiger partial charge in [-0.2, -0.15) is 0 Å². The Kier molecular flexibility index (Phi) is 3.75. The van der Waals surface area contributed by atoms with Gasteiger partial charge in [0.2, 0.25) is 5.91 Å². The molecule has 3 atom stereocenters. The summed E-state index contributed by atoms with van der Waals surface area (Å²) in [5.41, 5.74) is 0.869. The Balaban J connectivity index is 1.83. The van der Waals surface area contributed by atoms with Gasteiger partial charge < -0.3 is 10.3 Å². The van der Waals surface area contributed by atoms with Gasteiger partial charge in [0, 0.05) is 18.2 Å². The SMILES string of the molecule is C[C@H](NC(=O)[C@H]1C[C@H]1C)c1cc(=O)[nH]c(-c2ccccn2)n1. The third kappa shape index (κ3) is 3.05. The van der Waals surface area contributed by atoms with Crippen LogP contribution in [0, 0.1) is 11.8 Å². The second-order valence-electron chi connectivity index (χ2n) is 5.78. The number of aromatic amines is 1. The summed E-state index contributed by atoms with van der Waals surface area (Å²) in [6, 6.07) is 6.50. The standard InChI is InChI=1S/C16H18N4O2/c1-9-7-11(9)16(22)18-10(2)13-8-14(21)20-15(19-13)12-5-3-4-6-17-12/h3-6,8-11H,7H2,1-2H3,(H,18,22)(H,19,20,21)/t9-,10+,11+/m1/s1. The van der Waals surface area contributed by atoms with Crippen molar-refractivity contribution in [3.05, 3.63) is 46.5 Å². The average Bonchev–Trinajstić information content (AvgIpc) is 3.24. The molecule has 0 aliphatic heterocycles. The van der Waals surface area contributed by atoms with Crippen LogP contribution in [0.2, 0.25) is 0 Å². The van der Waals surface area contributed by atoms with E-state index in [0.717, 1.165) is 6.42 Å². The molecule has 1 aliphatic rings. The molecular weight excluding hydrogens is 280 g/mol. The molecule has 0 saturated heterocycles. The van der Waals surface area contributed by atoms with Gasteiger partial charge in [0.15, 0.2) is 5.82 Å². The Bertz CT molecular complexity index is 741. The number of hydrogen-bond acceptors (Lipinski definition) is 4. The Hall–Kier alpha value is -2.50. The highest BCUT2D eigenvalue weighted by molar-refractivity contribution is 5.81. The highest BCUT2D eigenvalue weighted by Crippen LogP contribution is 2.38. The average molecular weight is 298 g/mol. The molecule has 0 unspecified atom stereocenters. The van der Waals surface area contributed by atoms with Crippen LogP contribution in [0.1, 0.15) is 32.0 Å². The molecule has 1 amide bonds. The van der Waals surface area contributed by atoms with Crippen LogP contribution in [0.15, 0.2) is 35.3 Å². The summed E-state index contributed by atoms with van der Waals surface area (Å²) in [6.45, 7) is 3.88. The van der Waals surface area contributed by atoms with E-state index in [0.29, 0.717) is 23.1 Å². The molecule has 22 heavy (non-hydrogen) atoms. The van der Waals surface area contributed by atoms with Crippen LogP contribution < -0.4 is 10.9 Å². The molecule has 114 valence electrons. The molecular formula is C16H18N4O2. The molecule has 1 aliphatic carbocycles. The molecule has 0 radical (unpaired) electrons. The molecule has 3 rings (SSSR count). The summed E-state index contributed by atoms with van der Waals surface area (Å²) in [4.78, 5) is 35.1. The maximum atomic E-state index is 12.0. The third-order valence-corrected chi connectivity index (χ3v) is 3.92. The first-order chi connectivity index (χ1) is 10.5. The van der Waals surface area contributed by atoms with Crippen molar-refractivity contribution in [2.75, 3.05) is 0 Å². The number of nitrogens with one attached hydrogen (secondary N) is 2. The Morgan fingerprint density at radius 3 is 2.86 bits per heavy atom. The number of hydrogen-bond donors (Lipinski definition) is 2. The van der Waals surface area contributed by atoms with Crippen molar-refractivity contribution >= 4 is 5.91 Å². The molecule has 1 fully saturated rings. The van der Waals surface area contributed by atoms with Gasteiger partial charge in [0.1, 0.15) is 5.69 Å². The lowest BCUT2D eigenvalue weighted by atomic mass is 10.2. The summed E-state index contributed by atoms with van der Waals surface area (Å²) in [5.74, 6) is 0.980. The second kappa shape index (κ2) is 5.71. The smallest absolute Gasteiger partial charge is 0.251 e. The monoisotopic (exact) mass is 298 g/mol. The first-order valence-electron chi connectivity index (χ1n) is 7.37. The maximum Gasteiger partial charge on any atom is 0.251 e. The molecule has 2 aromatic heterocycles. The molecule has 1 saturated carbocycles. The topological polar surface area (TPSA) is 87.7 Å². The van der Waals surface area contributed by atoms with Crippen molar-refractivity contribution in [3.8, 4) is 11.5 Å². The minimum absolute atomic E-state index is 0.0291. The lowest BCUT2D eigenvalue weighted by molar-refractivity contribution is -0.123. The van der Waals surface area contributed by atoms with Crippen LogP contribution in [0.5, 0.6) is 0 Å². The zero-order chi connectivity index (χ0) is 15.7. The highest BCUT2D eigenvalue weighted by atomic mass is 16.2. The number of amides is 1. The molecule has 0 spiro atoms. The number of pyridine rings is 1. The summed E-state index contributed by atoms with van der Waals surface area (Å²) in [7, 11) is 0. The first-order valence-corrected chi connectivity index (χ1v) is 7.37. The van der Waals surface area contributed by atoms with Gasteiger partial charge in [-0.1, -0.05) is 13.0 Å². The fourth-order valence-electron chi connectivity index (χ4n) is 2.40. The Morgan fingerprint density at radius 1 is 1.45 bits per heavy atom. The largest absolute Gasteiger partial charge is 0.348 e. The number of aromatic nitrogens is 3. The summed E-state index contributed by atoms with van der Waals surface area (Å²) < 4.78 is 0. The summed E-state index contributed by atoms with van der Waals surface area (Å²) in [6.07, 6.45) is 2.57. The van der Waals surface area contributed by atoms with E-state index < -0.39 is 0 Å². The van der Waals surface area contributed by atoms with Crippen LogP contribution in [0.4, 0.5) is 0 Å². The van der Waals surface area contributed by atoms with Crippen LogP contribution in [-0.4, -0.2) is 20.9 Å². The molecule has 0 aromatic carbocycles. The van der Waals surface area contributed by atoms with E-state index in [9.17, 15) is 9.59 Å². The number of H-pyrrole nitrogens is 1. The van der Waals surface area contributed by atoms with Crippen molar-refractivity contribution in [2.45, 2.75) is 26.3 Å². The molecule has 6 heteroatoms. The molecule has 6 nitrogen and oxygen atoms in total. The zero-order valence-corrected chi connectivity index (χ0v) is 12.5. The fraction of sp³-hybridized carbons (Fsp3) is 0.375. The lowest BCUT2D eigenvalue weighted by Gasteiger charge is -2.14. The quantitative estimate of drug-likeness (QED) is 0.898. The van der Waals surface area contributed by atoms with E-state index in [1.54, 1.807) is 18.3 Å². The highest BCUT2D eigenvalue weighted by Gasteiger charge is 2.39. The number of carbonyl (C=O) groups excluding carboxylic acids is 1. The van der Waals surface area contributed by atoms with Gasteiger partial charge in [0.25, 0.3) is 5.56 Å². The van der Waals surface area contributed by atoms with Crippen LogP contribution >= 0.6 is 0 Å². The van der Waals surface area contributed by atoms with Gasteiger partial charge in [-0.05, 0) is 31.4 Å². The van der Waals surface area contributed by atoms with E-state index in [-0.39, 0.29) is 23.4 Å². The van der Waals surface area contributed by atoms with E-state index in [1.165, 1.54) is 6.07 Å². The minimum Gasteiger partial charge on any atom is -0.348 e. The van der Waals surface area contributed by atoms with E-state index in [2.05, 4.69) is 27.2 Å². The Morgan fingerprint density at radius 2 is 2.23 bits per heavy atom. The molecule has 2 N–H and O–H groups in total. The summed E-state index contributed by atoms with van der Waals surface area (Å²) in [5, 5.41) is 2.92. The van der Waals surface area contributed by atoms with Crippen LogP contribution in [0.25, 0.3) is 11.5 Å². The molecule has 0 bridgehead atoms. The molecule has 2 aromatic rings. The van der Waals surface area contributed by atoms with E-state index in [1.807, 2.05) is 13.0 Å². The number of rotatable bonds is 4. The predicted octanol–water partition coefficient (Wildman–Crippen LogP) is 1.67. The van der Waals surface area contributed by atoms with Gasteiger partial charge in [-0.15, -0.1) is 0 Å². The van der Waals surface area contributed by atoms with Crippen LogP contribution in [-0.2, 0) is 4.79 Å². The van der Waals surface area contributed by atoms with E-state index in [4.69, 9.17) is 0 Å². The van der Waals surface area contributed by atoms with Gasteiger partial charge in [-0.25, -0.2) is 4.98 Å². The van der Waals surface area contributed by atoms with Gasteiger partial charge in [0.05, 0.1) is 11.7 Å². The third-order valence-electron chi connectivity index (χ3n) is 3.92. The van der Waals surface area contributed by atoms with Gasteiger partial charge >= 0.3 is 0 Å². The second-order valence-corrected chi connectivity index (χ2v) is 5.78. The first kappa shape index (κ1) is 14.4. The lowest BCUT2D eigenvalue weighted by Crippen LogP contribution is -2.30. The minimum atomic E-state index is -0.315. The van der Waals surface area contributed by atoms with Gasteiger partial charge in [-0.3, -0.25) is 14.6 Å². The van der Waals surface area contributed by atoms with E-state index >= 15 is 0 Å². The van der Waals surface area contributed by atoms with Crippen molar-refractivity contribution in [2.24, 2.45) is 11.8 Å². The van der Waals surface area contributed by atoms with Crippen LogP contribution in [0.3, 0.4) is 0 Å². The summed E-state index contributed by atoms with van der Waals surface area (Å²) >= 11 is 0. The Labute approximate surface area is 128 Å². The number of nitrogens with zero attached hydrogens (tertiary/aromatic N) is 2. The fourth-order valence-corrected chi connectivity index (χ4v) is 2.40. The van der Waals surface area contributed by atoms with Crippen molar-refractivity contribution in [1.82, 2.24) is 20.3 Å². The predicted molar refractivity (Wildman–Crippen MR) is 81.9 cm³/mol. The maximum absolute atomic E-state index is 12.0. The van der Waals surface area contributed by atoms with Crippen molar-refractivity contribution < 1.29 is 4.79 Å². The van der Waals surface area contributed by atoms with Crippen molar-refractivity contribution in [3.63, 3.8) is 0 Å². The van der Waals surface area contributed by atoms with Crippen molar-refractivity contribution in [1.29, 1.82) is 0 Å².